The van der Waals surface area contributed by atoms with Gasteiger partial charge in [-0.1, -0.05) is 61.8 Å². The van der Waals surface area contributed by atoms with Crippen LogP contribution in [0.25, 0.3) is 11.3 Å². The average molecular weight is 538 g/mol. The Morgan fingerprint density at radius 1 is 0.947 bits per heavy atom. The molecule has 1 aromatic heterocycles. The van der Waals surface area contributed by atoms with Crippen LogP contribution < -0.4 is 5.32 Å². The van der Waals surface area contributed by atoms with Crippen LogP contribution >= 0.6 is 11.6 Å². The van der Waals surface area contributed by atoms with Gasteiger partial charge in [-0.3, -0.25) is 0 Å². The number of benzene rings is 2. The minimum Gasteiger partial charge on any atom is -0.445 e. The van der Waals surface area contributed by atoms with E-state index in [9.17, 15) is 9.59 Å². The molecule has 0 aliphatic carbocycles. The summed E-state index contributed by atoms with van der Waals surface area (Å²) in [5.41, 5.74) is 7.17. The fraction of sp³-hybridized carbons (Fsp3) is 0.400. The Balaban J connectivity index is 1.78. The van der Waals surface area contributed by atoms with Crippen LogP contribution in [0.4, 0.5) is 9.59 Å². The Morgan fingerprint density at radius 2 is 1.66 bits per heavy atom. The normalized spacial score (nSPS) is 11.9. The van der Waals surface area contributed by atoms with Crippen LogP contribution in [-0.4, -0.2) is 41.3 Å². The molecule has 0 fully saturated rings. The van der Waals surface area contributed by atoms with E-state index in [1.165, 1.54) is 11.1 Å². The molecule has 1 N–H and O–H groups in total. The fourth-order valence-electron chi connectivity index (χ4n) is 4.94. The number of nitrogens with one attached hydrogen (secondary N) is 1. The summed E-state index contributed by atoms with van der Waals surface area (Å²) in [7, 11) is 0. The fourth-order valence-corrected chi connectivity index (χ4v) is 5.07. The van der Waals surface area contributed by atoms with Crippen LogP contribution in [0.2, 0.25) is 5.02 Å². The molecule has 0 radical (unpaired) electrons. The van der Waals surface area contributed by atoms with Crippen molar-refractivity contribution in [2.75, 3.05) is 19.6 Å². The maximum absolute atomic E-state index is 12.9. The Bertz CT molecular complexity index is 1270. The first-order valence-electron chi connectivity index (χ1n) is 13.3. The maximum Gasteiger partial charge on any atom is 0.410 e. The predicted molar refractivity (Wildman–Crippen MR) is 149 cm³/mol. The highest BCUT2D eigenvalue weighted by atomic mass is 35.5. The number of alkyl carbamates (subject to hydrolysis) is 1. The number of hydrogen-bond acceptors (Lipinski definition) is 4. The Kier molecular flexibility index (Phi) is 9.34. The molecule has 0 unspecified atom stereocenters. The zero-order valence-corrected chi connectivity index (χ0v) is 23.1. The lowest BCUT2D eigenvalue weighted by molar-refractivity contribution is 0.0965. The number of rotatable bonds is 10. The third kappa shape index (κ3) is 6.16. The van der Waals surface area contributed by atoms with Gasteiger partial charge < -0.3 is 24.3 Å². The lowest BCUT2D eigenvalue weighted by atomic mass is 9.97. The molecule has 2 heterocycles. The van der Waals surface area contributed by atoms with E-state index in [0.29, 0.717) is 37.6 Å². The molecule has 0 saturated heterocycles. The molecule has 0 atom stereocenters. The van der Waals surface area contributed by atoms with E-state index >= 15 is 0 Å². The van der Waals surface area contributed by atoms with Crippen LogP contribution in [0, 0.1) is 0 Å². The van der Waals surface area contributed by atoms with E-state index in [1.807, 2.05) is 57.2 Å². The molecular formula is C30H36ClN3O4. The number of halogens is 1. The van der Waals surface area contributed by atoms with Crippen molar-refractivity contribution in [2.24, 2.45) is 0 Å². The molecule has 1 aliphatic heterocycles. The molecule has 1 aliphatic rings. The highest BCUT2D eigenvalue weighted by Crippen LogP contribution is 2.38. The van der Waals surface area contributed by atoms with Crippen molar-refractivity contribution in [1.29, 1.82) is 0 Å². The number of amides is 2. The van der Waals surface area contributed by atoms with E-state index in [0.717, 1.165) is 40.9 Å². The summed E-state index contributed by atoms with van der Waals surface area (Å²) < 4.78 is 13.8. The summed E-state index contributed by atoms with van der Waals surface area (Å²) in [6.45, 7) is 8.56. The highest BCUT2D eigenvalue weighted by Gasteiger charge is 2.29. The lowest BCUT2D eigenvalue weighted by Crippen LogP contribution is -2.32. The first-order valence-corrected chi connectivity index (χ1v) is 13.7. The van der Waals surface area contributed by atoms with E-state index in [-0.39, 0.29) is 19.3 Å². The molecule has 0 spiro atoms. The quantitative estimate of drug-likeness (QED) is 0.242. The van der Waals surface area contributed by atoms with Gasteiger partial charge in [-0.05, 0) is 48.6 Å². The number of ether oxygens (including phenoxy) is 2. The summed E-state index contributed by atoms with van der Waals surface area (Å²) in [6, 6.07) is 16.0. The number of fused-ring (bicyclic) bond motifs is 2. The van der Waals surface area contributed by atoms with E-state index in [2.05, 4.69) is 22.0 Å². The van der Waals surface area contributed by atoms with Crippen molar-refractivity contribution < 1.29 is 19.1 Å². The Morgan fingerprint density at radius 3 is 2.34 bits per heavy atom. The smallest absolute Gasteiger partial charge is 0.410 e. The van der Waals surface area contributed by atoms with Gasteiger partial charge in [0.15, 0.2) is 0 Å². The van der Waals surface area contributed by atoms with Gasteiger partial charge in [-0.25, -0.2) is 9.59 Å². The minimum absolute atomic E-state index is 0.0587. The summed E-state index contributed by atoms with van der Waals surface area (Å²) in [4.78, 5) is 27.0. The SMILES string of the molecule is CCCNC(=O)OCc1c(COC(=O)N(CC)CCC)c2n(c1-c1ccc(Cl)cc1)Cc1ccccc1C2. The third-order valence-corrected chi connectivity index (χ3v) is 7.11. The van der Waals surface area contributed by atoms with Gasteiger partial charge in [0.2, 0.25) is 0 Å². The van der Waals surface area contributed by atoms with Crippen LogP contribution in [0.15, 0.2) is 48.5 Å². The average Bonchev–Trinajstić information content (AvgIpc) is 3.23. The van der Waals surface area contributed by atoms with E-state index < -0.39 is 6.09 Å². The molecule has 0 bridgehead atoms. The monoisotopic (exact) mass is 537 g/mol. The number of hydrogen-bond donors (Lipinski definition) is 1. The Labute approximate surface area is 229 Å². The largest absolute Gasteiger partial charge is 0.445 e. The molecule has 2 amide bonds. The van der Waals surface area contributed by atoms with Gasteiger partial charge in [0.05, 0.1) is 5.69 Å². The summed E-state index contributed by atoms with van der Waals surface area (Å²) in [6.07, 6.45) is 1.55. The third-order valence-electron chi connectivity index (χ3n) is 6.86. The van der Waals surface area contributed by atoms with Gasteiger partial charge in [0.25, 0.3) is 0 Å². The highest BCUT2D eigenvalue weighted by molar-refractivity contribution is 6.30. The van der Waals surface area contributed by atoms with Gasteiger partial charge in [-0.15, -0.1) is 0 Å². The maximum atomic E-state index is 12.9. The van der Waals surface area contributed by atoms with Crippen molar-refractivity contribution in [3.63, 3.8) is 0 Å². The second kappa shape index (κ2) is 12.9. The zero-order chi connectivity index (χ0) is 27.1. The van der Waals surface area contributed by atoms with Crippen LogP contribution in [0.5, 0.6) is 0 Å². The van der Waals surface area contributed by atoms with Crippen LogP contribution in [0.3, 0.4) is 0 Å². The van der Waals surface area contributed by atoms with E-state index in [4.69, 9.17) is 21.1 Å². The number of carbonyl (C=O) groups is 2. The number of nitrogens with zero attached hydrogens (tertiary/aromatic N) is 2. The topological polar surface area (TPSA) is 72.8 Å². The Hall–Kier alpha value is -3.45. The zero-order valence-electron chi connectivity index (χ0n) is 22.4. The predicted octanol–water partition coefficient (Wildman–Crippen LogP) is 6.77. The first-order chi connectivity index (χ1) is 18.5. The summed E-state index contributed by atoms with van der Waals surface area (Å²) >= 11 is 6.21. The van der Waals surface area contributed by atoms with Gasteiger partial charge in [0.1, 0.15) is 13.2 Å². The molecule has 0 saturated carbocycles. The lowest BCUT2D eigenvalue weighted by Gasteiger charge is -2.23. The van der Waals surface area contributed by atoms with Crippen LogP contribution in [0.1, 0.15) is 61.6 Å². The van der Waals surface area contributed by atoms with Crippen LogP contribution in [-0.2, 0) is 35.7 Å². The summed E-state index contributed by atoms with van der Waals surface area (Å²) in [5, 5.41) is 3.42. The van der Waals surface area contributed by atoms with Crippen molar-refractivity contribution in [3.8, 4) is 11.3 Å². The van der Waals surface area contributed by atoms with Crippen molar-refractivity contribution in [1.82, 2.24) is 14.8 Å². The minimum atomic E-state index is -0.468. The summed E-state index contributed by atoms with van der Waals surface area (Å²) in [5.74, 6) is 0. The van der Waals surface area contributed by atoms with Gasteiger partial charge in [0, 0.05) is 54.4 Å². The van der Waals surface area contributed by atoms with E-state index in [1.54, 1.807) is 4.90 Å². The number of carbonyl (C=O) groups excluding carboxylic acids is 2. The second-order valence-electron chi connectivity index (χ2n) is 9.43. The first kappa shape index (κ1) is 27.6. The molecule has 8 heteroatoms. The molecule has 38 heavy (non-hydrogen) atoms. The molecule has 202 valence electrons. The van der Waals surface area contributed by atoms with Crippen molar-refractivity contribution >= 4 is 23.8 Å². The molecular weight excluding hydrogens is 502 g/mol. The molecule has 7 nitrogen and oxygen atoms in total. The number of aromatic nitrogens is 1. The molecule has 3 aromatic rings. The van der Waals surface area contributed by atoms with Crippen molar-refractivity contribution in [3.05, 3.63) is 81.5 Å². The molecule has 4 rings (SSSR count). The second-order valence-corrected chi connectivity index (χ2v) is 9.86. The van der Waals surface area contributed by atoms with Crippen molar-refractivity contribution in [2.45, 2.75) is 59.8 Å². The standard InChI is InChI=1S/C30H36ClN3O4/c1-4-15-32-29(35)37-20-26-25(19-38-30(36)33(6-3)16-5-2)27-17-22-9-7-8-10-23(22)18-34(27)28(26)21-11-13-24(31)14-12-21/h7-14H,4-6,15-20H2,1-3H3,(H,32,35). The van der Waals surface area contributed by atoms with Gasteiger partial charge >= 0.3 is 12.2 Å². The molecule has 2 aromatic carbocycles. The van der Waals surface area contributed by atoms with Gasteiger partial charge in [-0.2, -0.15) is 0 Å².